The van der Waals surface area contributed by atoms with Crippen molar-refractivity contribution >= 4 is 58.6 Å². The standard InChI is InChI=1S/C14H11BrClNO3.2CH3.Sn/c1-20-12-4-2-3-8(13(12)18)7-17-11-6-9(16)5-10(15)14(11)19;;;/h2-7,18-19H,1H3;2*1H3;/q;;;+2/p-2. The maximum atomic E-state index is 6.29. The average Bonchev–Trinajstić information content (AvgIpc) is 2.53. The molecule has 0 spiro atoms. The third kappa shape index (κ3) is 3.61. The first-order valence-electron chi connectivity index (χ1n) is 6.98. The Hall–Kier alpha value is -0.921. The number of halogens is 2. The van der Waals surface area contributed by atoms with Crippen LogP contribution in [0.3, 0.4) is 0 Å². The normalized spacial score (nSPS) is 15.2. The molecule has 0 unspecified atom stereocenters. The van der Waals surface area contributed by atoms with E-state index in [4.69, 9.17) is 22.5 Å². The summed E-state index contributed by atoms with van der Waals surface area (Å²) >= 11 is 6.28. The predicted molar refractivity (Wildman–Crippen MR) is 98.1 cm³/mol. The zero-order chi connectivity index (χ0) is 16.6. The molecule has 0 saturated carbocycles. The van der Waals surface area contributed by atoms with Gasteiger partial charge in [0.25, 0.3) is 0 Å². The van der Waals surface area contributed by atoms with Gasteiger partial charge in [0.1, 0.15) is 0 Å². The van der Waals surface area contributed by atoms with Crippen molar-refractivity contribution in [3.63, 3.8) is 0 Å². The number of hydrogen-bond donors (Lipinski definition) is 0. The minimum atomic E-state index is -3.36. The molecule has 1 aliphatic heterocycles. The second-order valence-corrected chi connectivity index (χ2v) is 15.9. The van der Waals surface area contributed by atoms with E-state index in [2.05, 4.69) is 20.9 Å². The number of nitrogens with zero attached hydrogens (tertiary/aromatic N) is 1. The molecule has 7 heteroatoms. The van der Waals surface area contributed by atoms with Gasteiger partial charge in [0.2, 0.25) is 0 Å². The number of fused-ring (bicyclic) bond motifs is 2. The topological polar surface area (TPSA) is 40.0 Å². The summed E-state index contributed by atoms with van der Waals surface area (Å²) in [4.78, 5) is 8.63. The van der Waals surface area contributed by atoms with Crippen LogP contribution in [0, 0.1) is 0 Å². The molecule has 1 heterocycles. The molecule has 0 fully saturated rings. The van der Waals surface area contributed by atoms with Gasteiger partial charge in [-0.3, -0.25) is 0 Å². The second-order valence-electron chi connectivity index (χ2n) is 5.48. The predicted octanol–water partition coefficient (Wildman–Crippen LogP) is 5.33. The molecule has 120 valence electrons. The molecule has 2 aromatic rings. The van der Waals surface area contributed by atoms with E-state index in [0.29, 0.717) is 28.0 Å². The zero-order valence-electron chi connectivity index (χ0n) is 12.9. The summed E-state index contributed by atoms with van der Waals surface area (Å²) in [6.07, 6.45) is 1.75. The molecule has 23 heavy (non-hydrogen) atoms. The van der Waals surface area contributed by atoms with Gasteiger partial charge in [-0.1, -0.05) is 0 Å². The number of para-hydroxylation sites is 1. The van der Waals surface area contributed by atoms with Crippen molar-refractivity contribution in [2.45, 2.75) is 9.88 Å². The SMILES string of the molecule is COc1cccc2c1[O][Sn]([CH3])([CH3])[O]c1c(Br)cc(Cl)cc1N=C2. The summed E-state index contributed by atoms with van der Waals surface area (Å²) < 4.78 is 18.7. The Morgan fingerprint density at radius 1 is 1.17 bits per heavy atom. The molecular formula is C16H15BrClNO3Sn. The van der Waals surface area contributed by atoms with E-state index in [-0.39, 0.29) is 0 Å². The fourth-order valence-corrected chi connectivity index (χ4v) is 7.76. The maximum absolute atomic E-state index is 6.29. The fraction of sp³-hybridized carbons (Fsp3) is 0.188. The summed E-state index contributed by atoms with van der Waals surface area (Å²) in [6, 6.07) is 9.29. The van der Waals surface area contributed by atoms with Crippen molar-refractivity contribution in [1.82, 2.24) is 0 Å². The van der Waals surface area contributed by atoms with Crippen molar-refractivity contribution in [3.05, 3.63) is 45.4 Å². The number of hydrogen-bond acceptors (Lipinski definition) is 4. The van der Waals surface area contributed by atoms with Crippen molar-refractivity contribution < 1.29 is 10.9 Å². The third-order valence-corrected chi connectivity index (χ3v) is 8.03. The van der Waals surface area contributed by atoms with Gasteiger partial charge in [-0.15, -0.1) is 0 Å². The molecule has 1 aliphatic rings. The molecular weight excluding hydrogens is 488 g/mol. The molecule has 0 N–H and O–H groups in total. The van der Waals surface area contributed by atoms with E-state index in [1.807, 2.05) is 28.1 Å². The summed E-state index contributed by atoms with van der Waals surface area (Å²) in [7, 11) is 1.62. The van der Waals surface area contributed by atoms with Crippen LogP contribution < -0.4 is 10.9 Å². The quantitative estimate of drug-likeness (QED) is 0.494. The molecule has 4 nitrogen and oxygen atoms in total. The van der Waals surface area contributed by atoms with Gasteiger partial charge in [-0.25, -0.2) is 0 Å². The van der Waals surface area contributed by atoms with Gasteiger partial charge in [0.05, 0.1) is 0 Å². The number of benzene rings is 2. The first kappa shape index (κ1) is 16.9. The van der Waals surface area contributed by atoms with Gasteiger partial charge in [-0.2, -0.15) is 0 Å². The molecule has 0 aliphatic carbocycles. The van der Waals surface area contributed by atoms with Crippen molar-refractivity contribution in [1.29, 1.82) is 0 Å². The van der Waals surface area contributed by atoms with Gasteiger partial charge in [0.15, 0.2) is 0 Å². The summed E-state index contributed by atoms with van der Waals surface area (Å²) in [5, 5.41) is 0.593. The van der Waals surface area contributed by atoms with Crippen LogP contribution in [0.25, 0.3) is 0 Å². The molecule has 0 amide bonds. The molecule has 2 aromatic carbocycles. The number of aliphatic imine (C=N–C) groups is 1. The summed E-state index contributed by atoms with van der Waals surface area (Å²) in [6.45, 7) is 0. The van der Waals surface area contributed by atoms with E-state index in [0.717, 1.165) is 10.0 Å². The van der Waals surface area contributed by atoms with Crippen LogP contribution in [-0.4, -0.2) is 32.5 Å². The van der Waals surface area contributed by atoms with Crippen LogP contribution in [0.2, 0.25) is 14.9 Å². The van der Waals surface area contributed by atoms with Crippen LogP contribution >= 0.6 is 27.5 Å². The van der Waals surface area contributed by atoms with Crippen molar-refractivity contribution in [3.8, 4) is 17.2 Å². The van der Waals surface area contributed by atoms with E-state index in [1.165, 1.54) is 0 Å². The molecule has 3 rings (SSSR count). The third-order valence-electron chi connectivity index (χ3n) is 3.26. The Bertz CT molecular complexity index is 795. The Labute approximate surface area is 153 Å². The van der Waals surface area contributed by atoms with Crippen LogP contribution in [0.5, 0.6) is 17.2 Å². The first-order valence-corrected chi connectivity index (χ1v) is 16.2. The van der Waals surface area contributed by atoms with Gasteiger partial charge < -0.3 is 0 Å². The van der Waals surface area contributed by atoms with Crippen molar-refractivity contribution in [2.24, 2.45) is 4.99 Å². The Morgan fingerprint density at radius 3 is 2.65 bits per heavy atom. The summed E-state index contributed by atoms with van der Waals surface area (Å²) in [5.74, 6) is 2.01. The number of rotatable bonds is 1. The van der Waals surface area contributed by atoms with Crippen LogP contribution in [-0.2, 0) is 0 Å². The average molecular weight is 503 g/mol. The molecule has 0 bridgehead atoms. The Kier molecular flexibility index (Phi) is 4.80. The van der Waals surface area contributed by atoms with E-state index in [9.17, 15) is 0 Å². The molecule has 0 aromatic heterocycles. The fourth-order valence-electron chi connectivity index (χ4n) is 2.30. The van der Waals surface area contributed by atoms with Gasteiger partial charge in [0, 0.05) is 0 Å². The van der Waals surface area contributed by atoms with Crippen LogP contribution in [0.1, 0.15) is 5.56 Å². The number of ether oxygens (including phenoxy) is 1. The first-order chi connectivity index (χ1) is 10.9. The van der Waals surface area contributed by atoms with E-state index >= 15 is 0 Å². The number of methoxy groups -OCH3 is 1. The molecule has 0 atom stereocenters. The van der Waals surface area contributed by atoms with Gasteiger partial charge >= 0.3 is 154 Å². The van der Waals surface area contributed by atoms with Crippen LogP contribution in [0.4, 0.5) is 5.69 Å². The van der Waals surface area contributed by atoms with E-state index in [1.54, 1.807) is 25.5 Å². The Balaban J connectivity index is 2.22. The van der Waals surface area contributed by atoms with E-state index < -0.39 is 19.2 Å². The molecule has 0 radical (unpaired) electrons. The second kappa shape index (κ2) is 6.53. The van der Waals surface area contributed by atoms with Crippen molar-refractivity contribution in [2.75, 3.05) is 7.11 Å². The Morgan fingerprint density at radius 2 is 1.91 bits per heavy atom. The summed E-state index contributed by atoms with van der Waals surface area (Å²) in [5.41, 5.74) is 1.52. The minimum absolute atomic E-state index is 0.593. The monoisotopic (exact) mass is 503 g/mol. The van der Waals surface area contributed by atoms with Crippen LogP contribution in [0.15, 0.2) is 39.8 Å². The zero-order valence-corrected chi connectivity index (χ0v) is 18.1. The van der Waals surface area contributed by atoms with Gasteiger partial charge in [-0.05, 0) is 0 Å². The molecule has 0 saturated heterocycles.